The van der Waals surface area contributed by atoms with Crippen molar-refractivity contribution in [3.63, 3.8) is 0 Å². The van der Waals surface area contributed by atoms with E-state index in [0.717, 1.165) is 12.0 Å². The fourth-order valence-corrected chi connectivity index (χ4v) is 5.10. The van der Waals surface area contributed by atoms with Crippen molar-refractivity contribution < 1.29 is 23.9 Å². The van der Waals surface area contributed by atoms with E-state index in [9.17, 15) is 14.4 Å². The van der Waals surface area contributed by atoms with E-state index in [2.05, 4.69) is 5.32 Å². The van der Waals surface area contributed by atoms with Crippen molar-refractivity contribution in [2.24, 2.45) is 0 Å². The van der Waals surface area contributed by atoms with Crippen LogP contribution in [0.25, 0.3) is 0 Å². The molecule has 0 bridgehead atoms. The Labute approximate surface area is 198 Å². The molecule has 2 aromatic carbocycles. The number of amides is 3. The monoisotopic (exact) mass is 463 g/mol. The van der Waals surface area contributed by atoms with Crippen LogP contribution in [0.2, 0.25) is 0 Å². The smallest absolute Gasteiger partial charge is 0.257 e. The maximum Gasteiger partial charge on any atom is 0.257 e. The van der Waals surface area contributed by atoms with Crippen LogP contribution in [0, 0.1) is 0 Å². The Bertz CT molecular complexity index is 1150. The van der Waals surface area contributed by atoms with E-state index < -0.39 is 5.66 Å². The molecule has 34 heavy (non-hydrogen) atoms. The minimum Gasteiger partial charge on any atom is -0.490 e. The number of nitrogens with zero attached hydrogens (tertiary/aromatic N) is 2. The van der Waals surface area contributed by atoms with Crippen LogP contribution >= 0.6 is 0 Å². The highest BCUT2D eigenvalue weighted by Crippen LogP contribution is 2.44. The molecule has 3 heterocycles. The molecule has 0 saturated carbocycles. The van der Waals surface area contributed by atoms with Crippen molar-refractivity contribution in [1.29, 1.82) is 0 Å². The van der Waals surface area contributed by atoms with Crippen molar-refractivity contribution in [2.45, 2.75) is 51.2 Å². The molecule has 0 aliphatic carbocycles. The molecule has 3 amide bonds. The third kappa shape index (κ3) is 3.77. The van der Waals surface area contributed by atoms with Gasteiger partial charge >= 0.3 is 0 Å². The fourth-order valence-electron chi connectivity index (χ4n) is 5.10. The minimum atomic E-state index is -0.761. The van der Waals surface area contributed by atoms with E-state index in [1.54, 1.807) is 21.9 Å². The van der Waals surface area contributed by atoms with E-state index in [1.807, 2.05) is 44.2 Å². The van der Waals surface area contributed by atoms with Crippen LogP contribution in [0.3, 0.4) is 0 Å². The number of carbonyl (C=O) groups excluding carboxylic acids is 3. The first-order chi connectivity index (χ1) is 16.4. The van der Waals surface area contributed by atoms with Gasteiger partial charge in [-0.05, 0) is 50.1 Å². The van der Waals surface area contributed by atoms with Gasteiger partial charge in [-0.2, -0.15) is 0 Å². The Morgan fingerprint density at radius 2 is 1.88 bits per heavy atom. The zero-order valence-corrected chi connectivity index (χ0v) is 19.5. The van der Waals surface area contributed by atoms with Gasteiger partial charge in [-0.25, -0.2) is 0 Å². The van der Waals surface area contributed by atoms with Gasteiger partial charge < -0.3 is 19.7 Å². The number of carbonyl (C=O) groups is 3. The molecule has 1 fully saturated rings. The molecular formula is C26H29N3O5. The zero-order chi connectivity index (χ0) is 23.9. The molecule has 5 rings (SSSR count). The standard InChI is InChI=1S/C26H29N3O5/c1-17(18-8-9-21-22(16-18)34-15-5-14-33-21)27-23(30)11-13-28-25(32)19-6-3-4-7-20(19)29-24(31)10-12-26(28,29)2/h3-4,6-9,16-17H,5,10-15H2,1-2H3,(H,27,30). The minimum absolute atomic E-state index is 0.0000631. The van der Waals surface area contributed by atoms with Gasteiger partial charge in [0.1, 0.15) is 5.66 Å². The highest BCUT2D eigenvalue weighted by atomic mass is 16.5. The van der Waals surface area contributed by atoms with Gasteiger partial charge in [-0.15, -0.1) is 0 Å². The summed E-state index contributed by atoms with van der Waals surface area (Å²) in [6.07, 6.45) is 1.89. The molecule has 0 aromatic heterocycles. The molecule has 1 N–H and O–H groups in total. The topological polar surface area (TPSA) is 88.2 Å². The number of anilines is 1. The average molecular weight is 464 g/mol. The van der Waals surface area contributed by atoms with Crippen LogP contribution in [0.1, 0.15) is 61.5 Å². The molecule has 178 valence electrons. The maximum atomic E-state index is 13.3. The predicted octanol–water partition coefficient (Wildman–Crippen LogP) is 3.41. The molecule has 8 nitrogen and oxygen atoms in total. The Morgan fingerprint density at radius 1 is 1.12 bits per heavy atom. The van der Waals surface area contributed by atoms with Crippen molar-refractivity contribution in [2.75, 3.05) is 24.7 Å². The number of ether oxygens (including phenoxy) is 2. The van der Waals surface area contributed by atoms with Crippen LogP contribution < -0.4 is 19.7 Å². The number of rotatable bonds is 5. The van der Waals surface area contributed by atoms with Gasteiger partial charge in [-0.3, -0.25) is 19.3 Å². The summed E-state index contributed by atoms with van der Waals surface area (Å²) < 4.78 is 11.4. The molecule has 2 aromatic rings. The van der Waals surface area contributed by atoms with Crippen LogP contribution in [-0.2, 0) is 9.59 Å². The summed E-state index contributed by atoms with van der Waals surface area (Å²) in [5, 5.41) is 3.02. The van der Waals surface area contributed by atoms with E-state index in [4.69, 9.17) is 9.47 Å². The lowest BCUT2D eigenvalue weighted by molar-refractivity contribution is -0.122. The maximum absolute atomic E-state index is 13.3. The summed E-state index contributed by atoms with van der Waals surface area (Å²) in [7, 11) is 0. The van der Waals surface area contributed by atoms with Crippen LogP contribution in [-0.4, -0.2) is 48.0 Å². The predicted molar refractivity (Wildman–Crippen MR) is 126 cm³/mol. The first kappa shape index (κ1) is 22.3. The van der Waals surface area contributed by atoms with Crippen molar-refractivity contribution >= 4 is 23.4 Å². The number of para-hydroxylation sites is 1. The second-order valence-electron chi connectivity index (χ2n) is 9.22. The van der Waals surface area contributed by atoms with Crippen molar-refractivity contribution in [1.82, 2.24) is 10.2 Å². The van der Waals surface area contributed by atoms with E-state index in [1.165, 1.54) is 0 Å². The molecule has 3 aliphatic rings. The lowest BCUT2D eigenvalue weighted by atomic mass is 9.98. The second-order valence-corrected chi connectivity index (χ2v) is 9.22. The molecule has 0 spiro atoms. The van der Waals surface area contributed by atoms with Crippen molar-refractivity contribution in [3.05, 3.63) is 53.6 Å². The Morgan fingerprint density at radius 3 is 2.71 bits per heavy atom. The number of nitrogens with one attached hydrogen (secondary N) is 1. The van der Waals surface area contributed by atoms with Gasteiger partial charge in [0.05, 0.1) is 30.5 Å². The fraction of sp³-hybridized carbons (Fsp3) is 0.423. The molecule has 2 unspecified atom stereocenters. The summed E-state index contributed by atoms with van der Waals surface area (Å²) >= 11 is 0. The quantitative estimate of drug-likeness (QED) is 0.734. The van der Waals surface area contributed by atoms with E-state index in [0.29, 0.717) is 48.8 Å². The third-order valence-electron chi connectivity index (χ3n) is 6.96. The summed E-state index contributed by atoms with van der Waals surface area (Å²) in [5.74, 6) is 1.10. The van der Waals surface area contributed by atoms with Gasteiger partial charge in [0.2, 0.25) is 11.8 Å². The highest BCUT2D eigenvalue weighted by Gasteiger charge is 2.52. The molecule has 2 atom stereocenters. The largest absolute Gasteiger partial charge is 0.490 e. The Kier molecular flexibility index (Phi) is 5.67. The van der Waals surface area contributed by atoms with E-state index in [-0.39, 0.29) is 36.7 Å². The first-order valence-electron chi connectivity index (χ1n) is 11.8. The SMILES string of the molecule is CC(NC(=O)CCN1C(=O)c2ccccc2N2C(=O)CCC12C)c1ccc2c(c1)OCCCO2. The van der Waals surface area contributed by atoms with Gasteiger partial charge in [-0.1, -0.05) is 18.2 Å². The summed E-state index contributed by atoms with van der Waals surface area (Å²) in [5.41, 5.74) is 1.31. The van der Waals surface area contributed by atoms with E-state index >= 15 is 0 Å². The summed E-state index contributed by atoms with van der Waals surface area (Å²) in [6, 6.07) is 12.6. The zero-order valence-electron chi connectivity index (χ0n) is 19.5. The highest BCUT2D eigenvalue weighted by molar-refractivity contribution is 6.10. The average Bonchev–Trinajstić information content (AvgIpc) is 2.99. The molecular weight excluding hydrogens is 434 g/mol. The van der Waals surface area contributed by atoms with Crippen LogP contribution in [0.4, 0.5) is 5.69 Å². The molecule has 1 saturated heterocycles. The number of hydrogen-bond donors (Lipinski definition) is 1. The normalized spacial score (nSPS) is 22.1. The van der Waals surface area contributed by atoms with Crippen LogP contribution in [0.5, 0.6) is 11.5 Å². The van der Waals surface area contributed by atoms with Crippen molar-refractivity contribution in [3.8, 4) is 11.5 Å². The number of hydrogen-bond acceptors (Lipinski definition) is 5. The first-order valence-corrected chi connectivity index (χ1v) is 11.8. The molecule has 3 aliphatic heterocycles. The lowest BCUT2D eigenvalue weighted by Gasteiger charge is -2.48. The molecule has 8 heteroatoms. The lowest BCUT2D eigenvalue weighted by Crippen LogP contribution is -2.62. The second kappa shape index (κ2) is 8.66. The number of benzene rings is 2. The number of fused-ring (bicyclic) bond motifs is 4. The van der Waals surface area contributed by atoms with Gasteiger partial charge in [0.15, 0.2) is 11.5 Å². The molecule has 0 radical (unpaired) electrons. The van der Waals surface area contributed by atoms with Gasteiger partial charge in [0.25, 0.3) is 5.91 Å². The van der Waals surface area contributed by atoms with Crippen LogP contribution in [0.15, 0.2) is 42.5 Å². The summed E-state index contributed by atoms with van der Waals surface area (Å²) in [6.45, 7) is 5.28. The summed E-state index contributed by atoms with van der Waals surface area (Å²) in [4.78, 5) is 42.2. The Balaban J connectivity index is 1.28. The third-order valence-corrected chi connectivity index (χ3v) is 6.96. The van der Waals surface area contributed by atoms with Gasteiger partial charge in [0, 0.05) is 25.8 Å². The Hall–Kier alpha value is -3.55.